The largest absolute Gasteiger partial charge is 0.382 e. The van der Waals surface area contributed by atoms with Gasteiger partial charge in [-0.25, -0.2) is 9.97 Å². The lowest BCUT2D eigenvalue weighted by Gasteiger charge is -2.30. The summed E-state index contributed by atoms with van der Waals surface area (Å²) in [5.41, 5.74) is 10.4. The molecule has 0 saturated carbocycles. The predicted octanol–water partition coefficient (Wildman–Crippen LogP) is 2.73. The van der Waals surface area contributed by atoms with Crippen LogP contribution in [-0.2, 0) is 17.6 Å². The molecule has 1 fully saturated rings. The van der Waals surface area contributed by atoms with Gasteiger partial charge in [0.05, 0.1) is 25.1 Å². The van der Waals surface area contributed by atoms with Crippen molar-refractivity contribution in [3.8, 4) is 11.4 Å². The minimum absolute atomic E-state index is 0.119. The van der Waals surface area contributed by atoms with Crippen LogP contribution in [0.25, 0.3) is 11.4 Å². The quantitative estimate of drug-likeness (QED) is 0.584. The van der Waals surface area contributed by atoms with Crippen molar-refractivity contribution in [2.75, 3.05) is 36.9 Å². The molecule has 0 aliphatic carbocycles. The molecule has 0 atom stereocenters. The first-order valence-electron chi connectivity index (χ1n) is 10.5. The number of aryl methyl sites for hydroxylation is 1. The molecule has 0 aromatic carbocycles. The van der Waals surface area contributed by atoms with Gasteiger partial charge in [-0.3, -0.25) is 14.8 Å². The maximum absolute atomic E-state index is 13.1. The van der Waals surface area contributed by atoms with E-state index in [0.717, 1.165) is 42.7 Å². The van der Waals surface area contributed by atoms with Crippen LogP contribution in [0.1, 0.15) is 35.0 Å². The van der Waals surface area contributed by atoms with Gasteiger partial charge in [-0.15, -0.1) is 0 Å². The zero-order chi connectivity index (χ0) is 21.6. The Kier molecular flexibility index (Phi) is 6.47. The molecule has 0 spiro atoms. The SMILES string of the molecule is CCCc1ccc(-c2cnc(N)c(C(=O)Cc3cnccc3N3CCOCC3)n2)nc1. The topological polar surface area (TPSA) is 107 Å². The van der Waals surface area contributed by atoms with Crippen LogP contribution in [0.4, 0.5) is 11.5 Å². The zero-order valence-electron chi connectivity index (χ0n) is 17.6. The summed E-state index contributed by atoms with van der Waals surface area (Å²) in [7, 11) is 0. The maximum Gasteiger partial charge on any atom is 0.189 e. The summed E-state index contributed by atoms with van der Waals surface area (Å²) in [6, 6.07) is 5.86. The fraction of sp³-hybridized carbons (Fsp3) is 0.348. The van der Waals surface area contributed by atoms with E-state index in [4.69, 9.17) is 10.5 Å². The number of nitrogen functional groups attached to an aromatic ring is 1. The first-order valence-corrected chi connectivity index (χ1v) is 10.5. The highest BCUT2D eigenvalue weighted by atomic mass is 16.5. The van der Waals surface area contributed by atoms with Gasteiger partial charge in [0.15, 0.2) is 11.6 Å². The number of carbonyl (C=O) groups is 1. The molecule has 1 aliphatic heterocycles. The van der Waals surface area contributed by atoms with E-state index in [1.54, 1.807) is 18.6 Å². The van der Waals surface area contributed by atoms with Crippen molar-refractivity contribution < 1.29 is 9.53 Å². The summed E-state index contributed by atoms with van der Waals surface area (Å²) in [5, 5.41) is 0. The van der Waals surface area contributed by atoms with Crippen molar-refractivity contribution in [1.82, 2.24) is 19.9 Å². The first kappa shape index (κ1) is 20.9. The molecular weight excluding hydrogens is 392 g/mol. The summed E-state index contributed by atoms with van der Waals surface area (Å²) >= 11 is 0. The highest BCUT2D eigenvalue weighted by Crippen LogP contribution is 2.24. The Hall–Kier alpha value is -3.39. The lowest BCUT2D eigenvalue weighted by atomic mass is 10.1. The van der Waals surface area contributed by atoms with Crippen molar-refractivity contribution in [3.63, 3.8) is 0 Å². The number of Topliss-reactive ketones (excluding diaryl/α,β-unsaturated/α-hetero) is 1. The lowest BCUT2D eigenvalue weighted by molar-refractivity contribution is 0.0988. The number of hydrogen-bond donors (Lipinski definition) is 1. The smallest absolute Gasteiger partial charge is 0.189 e. The third-order valence-corrected chi connectivity index (χ3v) is 5.27. The normalized spacial score (nSPS) is 13.9. The minimum atomic E-state index is -0.197. The predicted molar refractivity (Wildman–Crippen MR) is 119 cm³/mol. The molecule has 0 unspecified atom stereocenters. The maximum atomic E-state index is 13.1. The monoisotopic (exact) mass is 418 g/mol. The number of hydrogen-bond acceptors (Lipinski definition) is 8. The van der Waals surface area contributed by atoms with Crippen LogP contribution in [0.2, 0.25) is 0 Å². The molecule has 3 aromatic rings. The molecule has 31 heavy (non-hydrogen) atoms. The second kappa shape index (κ2) is 9.61. The van der Waals surface area contributed by atoms with Crippen LogP contribution in [0, 0.1) is 0 Å². The van der Waals surface area contributed by atoms with Crippen molar-refractivity contribution >= 4 is 17.3 Å². The molecule has 160 valence electrons. The highest BCUT2D eigenvalue weighted by molar-refractivity contribution is 6.00. The van der Waals surface area contributed by atoms with Crippen LogP contribution in [-0.4, -0.2) is 52.0 Å². The average Bonchev–Trinajstić information content (AvgIpc) is 2.81. The molecule has 4 heterocycles. The molecule has 1 saturated heterocycles. The van der Waals surface area contributed by atoms with Crippen LogP contribution in [0.3, 0.4) is 0 Å². The van der Waals surface area contributed by atoms with Gasteiger partial charge in [-0.05, 0) is 24.1 Å². The van der Waals surface area contributed by atoms with Gasteiger partial charge in [0, 0.05) is 49.4 Å². The molecule has 1 aliphatic rings. The Labute approximate surface area is 181 Å². The number of morpholine rings is 1. The van der Waals surface area contributed by atoms with Crippen LogP contribution in [0.15, 0.2) is 43.0 Å². The van der Waals surface area contributed by atoms with Gasteiger partial charge in [0.2, 0.25) is 0 Å². The van der Waals surface area contributed by atoms with E-state index in [-0.39, 0.29) is 23.7 Å². The Morgan fingerprint density at radius 1 is 1.10 bits per heavy atom. The molecule has 0 radical (unpaired) electrons. The Balaban J connectivity index is 1.57. The zero-order valence-corrected chi connectivity index (χ0v) is 17.6. The molecule has 2 N–H and O–H groups in total. The second-order valence-corrected chi connectivity index (χ2v) is 7.49. The number of nitrogens with two attached hydrogens (primary N) is 1. The third kappa shape index (κ3) is 4.86. The van der Waals surface area contributed by atoms with Gasteiger partial charge in [-0.1, -0.05) is 19.4 Å². The van der Waals surface area contributed by atoms with Crippen molar-refractivity contribution in [1.29, 1.82) is 0 Å². The summed E-state index contributed by atoms with van der Waals surface area (Å²) in [6.07, 6.45) is 9.03. The fourth-order valence-corrected chi connectivity index (χ4v) is 3.67. The van der Waals surface area contributed by atoms with Crippen LogP contribution in [0.5, 0.6) is 0 Å². The van der Waals surface area contributed by atoms with E-state index < -0.39 is 0 Å². The molecule has 0 amide bonds. The van der Waals surface area contributed by atoms with Crippen LogP contribution < -0.4 is 10.6 Å². The first-order chi connectivity index (χ1) is 15.2. The molecule has 3 aromatic heterocycles. The molecule has 8 heteroatoms. The van der Waals surface area contributed by atoms with Crippen molar-refractivity contribution in [2.24, 2.45) is 0 Å². The summed E-state index contributed by atoms with van der Waals surface area (Å²) in [4.78, 5) is 32.7. The lowest BCUT2D eigenvalue weighted by Crippen LogP contribution is -2.37. The molecule has 0 bridgehead atoms. The minimum Gasteiger partial charge on any atom is -0.382 e. The third-order valence-electron chi connectivity index (χ3n) is 5.27. The Morgan fingerprint density at radius 3 is 2.68 bits per heavy atom. The summed E-state index contributed by atoms with van der Waals surface area (Å²) < 4.78 is 5.44. The summed E-state index contributed by atoms with van der Waals surface area (Å²) in [5.74, 6) is -0.0786. The van der Waals surface area contributed by atoms with E-state index >= 15 is 0 Å². The number of rotatable bonds is 7. The molecule has 4 rings (SSSR count). The number of anilines is 2. The Bertz CT molecular complexity index is 1050. The van der Waals surface area contributed by atoms with E-state index in [2.05, 4.69) is 31.8 Å². The average molecular weight is 419 g/mol. The number of ketones is 1. The van der Waals surface area contributed by atoms with E-state index in [0.29, 0.717) is 24.6 Å². The number of aromatic nitrogens is 4. The fourth-order valence-electron chi connectivity index (χ4n) is 3.67. The molecular formula is C23H26N6O2. The number of nitrogens with zero attached hydrogens (tertiary/aromatic N) is 5. The van der Waals surface area contributed by atoms with Crippen molar-refractivity contribution in [3.05, 3.63) is 59.8 Å². The molecule has 8 nitrogen and oxygen atoms in total. The number of pyridine rings is 2. The van der Waals surface area contributed by atoms with Crippen molar-refractivity contribution in [2.45, 2.75) is 26.2 Å². The summed E-state index contributed by atoms with van der Waals surface area (Å²) in [6.45, 7) is 5.02. The van der Waals surface area contributed by atoms with Gasteiger partial charge < -0.3 is 15.4 Å². The van der Waals surface area contributed by atoms with Crippen LogP contribution >= 0.6 is 0 Å². The van der Waals surface area contributed by atoms with Gasteiger partial charge in [0.1, 0.15) is 11.4 Å². The van der Waals surface area contributed by atoms with Gasteiger partial charge in [-0.2, -0.15) is 0 Å². The van der Waals surface area contributed by atoms with E-state index in [1.807, 2.05) is 24.4 Å². The van der Waals surface area contributed by atoms with Gasteiger partial charge >= 0.3 is 0 Å². The van der Waals surface area contributed by atoms with E-state index in [1.165, 1.54) is 0 Å². The van der Waals surface area contributed by atoms with E-state index in [9.17, 15) is 4.79 Å². The number of ether oxygens (including phenoxy) is 1. The number of carbonyl (C=O) groups excluding carboxylic acids is 1. The Morgan fingerprint density at radius 2 is 1.94 bits per heavy atom. The second-order valence-electron chi connectivity index (χ2n) is 7.49. The van der Waals surface area contributed by atoms with Gasteiger partial charge in [0.25, 0.3) is 0 Å². The standard InChI is InChI=1S/C23H26N6O2/c1-2-3-16-4-5-18(26-13-16)19-15-27-23(24)22(28-19)21(30)12-17-14-25-7-6-20(17)29-8-10-31-11-9-29/h4-7,13-15H,2-3,8-12H2,1H3,(H2,24,27). The highest BCUT2D eigenvalue weighted by Gasteiger charge is 2.20.